The molecule has 0 radical (unpaired) electrons. The molecule has 1 aromatic carbocycles. The van der Waals surface area contributed by atoms with Gasteiger partial charge in [0.25, 0.3) is 0 Å². The van der Waals surface area contributed by atoms with Crippen molar-refractivity contribution in [2.75, 3.05) is 33.2 Å². The summed E-state index contributed by atoms with van der Waals surface area (Å²) in [6.45, 7) is 9.60. The van der Waals surface area contributed by atoms with Gasteiger partial charge in [-0.25, -0.2) is 0 Å². The summed E-state index contributed by atoms with van der Waals surface area (Å²) >= 11 is 0. The van der Waals surface area contributed by atoms with Gasteiger partial charge in [-0.15, -0.1) is 0 Å². The zero-order chi connectivity index (χ0) is 23.9. The van der Waals surface area contributed by atoms with E-state index in [1.165, 1.54) is 4.90 Å². The number of nitrogens with one attached hydrogen (secondary N) is 3. The molecule has 0 aliphatic carbocycles. The van der Waals surface area contributed by atoms with Crippen molar-refractivity contribution in [2.24, 2.45) is 5.92 Å². The second-order valence-corrected chi connectivity index (χ2v) is 8.13. The first kappa shape index (κ1) is 27.4. The first-order valence-corrected chi connectivity index (χ1v) is 11.5. The van der Waals surface area contributed by atoms with Gasteiger partial charge in [0.1, 0.15) is 11.9 Å². The first-order valence-electron chi connectivity index (χ1n) is 11.5. The van der Waals surface area contributed by atoms with E-state index in [-0.39, 0.29) is 30.4 Å². The van der Waals surface area contributed by atoms with Gasteiger partial charge in [-0.3, -0.25) is 14.4 Å². The molecular weight excluding hydrogens is 408 g/mol. The Morgan fingerprint density at radius 3 is 2.56 bits per heavy atom. The molecule has 32 heavy (non-hydrogen) atoms. The highest BCUT2D eigenvalue weighted by Crippen LogP contribution is 2.21. The molecule has 2 unspecified atom stereocenters. The van der Waals surface area contributed by atoms with Crippen molar-refractivity contribution >= 4 is 18.2 Å². The Labute approximate surface area is 192 Å². The van der Waals surface area contributed by atoms with Crippen LogP contribution in [0.2, 0.25) is 0 Å². The number of likely N-dealkylation sites (N-methyl/N-ethyl adjacent to an activating group) is 2. The molecule has 0 heterocycles. The summed E-state index contributed by atoms with van der Waals surface area (Å²) in [6.07, 6.45) is 3.02. The Balaban J connectivity index is 2.70. The highest BCUT2D eigenvalue weighted by atomic mass is 16.5. The molecule has 8 heteroatoms. The van der Waals surface area contributed by atoms with Gasteiger partial charge in [-0.05, 0) is 44.2 Å². The van der Waals surface area contributed by atoms with E-state index in [2.05, 4.69) is 16.0 Å². The molecule has 180 valence electrons. The summed E-state index contributed by atoms with van der Waals surface area (Å²) in [4.78, 5) is 36.7. The normalized spacial score (nSPS) is 13.5. The second kappa shape index (κ2) is 15.2. The number of carbonyl (C=O) groups excluding carboxylic acids is 3. The lowest BCUT2D eigenvalue weighted by Crippen LogP contribution is -2.52. The number of amides is 3. The molecule has 8 nitrogen and oxygen atoms in total. The number of aryl methyl sites for hydroxylation is 1. The summed E-state index contributed by atoms with van der Waals surface area (Å²) in [5.74, 6) is 0.667. The van der Waals surface area contributed by atoms with Gasteiger partial charge in [0.2, 0.25) is 18.2 Å². The van der Waals surface area contributed by atoms with E-state index in [1.54, 1.807) is 7.05 Å². The van der Waals surface area contributed by atoms with Crippen LogP contribution in [0.3, 0.4) is 0 Å². The third kappa shape index (κ3) is 9.68. The Morgan fingerprint density at radius 1 is 1.19 bits per heavy atom. The van der Waals surface area contributed by atoms with E-state index in [0.29, 0.717) is 26.0 Å². The maximum absolute atomic E-state index is 13.0. The van der Waals surface area contributed by atoms with Crippen LogP contribution in [0.5, 0.6) is 5.75 Å². The number of hydrogen-bond acceptors (Lipinski definition) is 5. The van der Waals surface area contributed by atoms with Crippen LogP contribution in [0.25, 0.3) is 0 Å². The van der Waals surface area contributed by atoms with E-state index in [0.717, 1.165) is 30.6 Å². The lowest BCUT2D eigenvalue weighted by Gasteiger charge is -2.29. The van der Waals surface area contributed by atoms with Gasteiger partial charge in [0.15, 0.2) is 0 Å². The van der Waals surface area contributed by atoms with Crippen molar-refractivity contribution in [3.05, 3.63) is 29.8 Å². The summed E-state index contributed by atoms with van der Waals surface area (Å²) < 4.78 is 6.16. The van der Waals surface area contributed by atoms with Gasteiger partial charge in [0.05, 0.1) is 12.6 Å². The summed E-state index contributed by atoms with van der Waals surface area (Å²) in [6, 6.07) is 7.48. The van der Waals surface area contributed by atoms with Crippen LogP contribution in [0.15, 0.2) is 24.3 Å². The van der Waals surface area contributed by atoms with Crippen molar-refractivity contribution < 1.29 is 19.1 Å². The maximum atomic E-state index is 13.0. The van der Waals surface area contributed by atoms with E-state index in [9.17, 15) is 14.4 Å². The van der Waals surface area contributed by atoms with Gasteiger partial charge in [-0.2, -0.15) is 0 Å². The van der Waals surface area contributed by atoms with Gasteiger partial charge >= 0.3 is 0 Å². The molecule has 3 amide bonds. The third-order valence-corrected chi connectivity index (χ3v) is 5.39. The Bertz CT molecular complexity index is 713. The lowest BCUT2D eigenvalue weighted by atomic mass is 9.97. The number of hydrogen-bond donors (Lipinski definition) is 3. The summed E-state index contributed by atoms with van der Waals surface area (Å²) in [5, 5.41) is 8.76. The number of para-hydroxylation sites is 1. The average molecular weight is 449 g/mol. The fourth-order valence-electron chi connectivity index (χ4n) is 3.37. The fraction of sp³-hybridized carbons (Fsp3) is 0.625. The van der Waals surface area contributed by atoms with Crippen molar-refractivity contribution in [3.63, 3.8) is 0 Å². The topological polar surface area (TPSA) is 99.8 Å². The standard InChI is InChI=1S/C24H40N4O4/c1-6-18(3)23(24(31)28(5)16-22(30)26-7-2)27-15-19(4)32-21-13-9-8-11-20(21)12-10-14-25-17-29/h8-9,11,13,17-19,23,27H,6-7,10,12,14-16H2,1-5H3,(H,25,29)(H,26,30)/t18?,19-,23?/m1/s1. The molecule has 0 spiro atoms. The van der Waals surface area contributed by atoms with Gasteiger partial charge < -0.3 is 25.6 Å². The molecule has 0 bridgehead atoms. The maximum Gasteiger partial charge on any atom is 0.240 e. The van der Waals surface area contributed by atoms with Crippen LogP contribution < -0.4 is 20.7 Å². The smallest absolute Gasteiger partial charge is 0.240 e. The average Bonchev–Trinajstić information content (AvgIpc) is 2.77. The number of carbonyl (C=O) groups is 3. The first-order chi connectivity index (χ1) is 15.3. The molecule has 0 aliphatic rings. The van der Waals surface area contributed by atoms with Crippen LogP contribution >= 0.6 is 0 Å². The number of ether oxygens (including phenoxy) is 1. The van der Waals surface area contributed by atoms with Gasteiger partial charge in [0, 0.05) is 26.7 Å². The predicted octanol–water partition coefficient (Wildman–Crippen LogP) is 1.73. The Kier molecular flexibility index (Phi) is 13.1. The number of benzene rings is 1. The quantitative estimate of drug-likeness (QED) is 0.264. The minimum absolute atomic E-state index is 0.0413. The van der Waals surface area contributed by atoms with Crippen molar-refractivity contribution in [2.45, 2.75) is 59.1 Å². The monoisotopic (exact) mass is 448 g/mol. The van der Waals surface area contributed by atoms with Crippen LogP contribution in [0.1, 0.15) is 46.1 Å². The number of nitrogens with zero attached hydrogens (tertiary/aromatic N) is 1. The molecule has 0 saturated carbocycles. The Hall–Kier alpha value is -2.61. The zero-order valence-electron chi connectivity index (χ0n) is 20.1. The molecule has 3 atom stereocenters. The zero-order valence-corrected chi connectivity index (χ0v) is 20.1. The summed E-state index contributed by atoms with van der Waals surface area (Å²) in [5.41, 5.74) is 1.09. The van der Waals surface area contributed by atoms with Crippen LogP contribution in [-0.4, -0.2) is 68.5 Å². The lowest BCUT2D eigenvalue weighted by molar-refractivity contribution is -0.137. The highest BCUT2D eigenvalue weighted by Gasteiger charge is 2.28. The minimum Gasteiger partial charge on any atom is -0.489 e. The molecular formula is C24H40N4O4. The van der Waals surface area contributed by atoms with E-state index >= 15 is 0 Å². The fourth-order valence-corrected chi connectivity index (χ4v) is 3.37. The predicted molar refractivity (Wildman–Crippen MR) is 126 cm³/mol. The summed E-state index contributed by atoms with van der Waals surface area (Å²) in [7, 11) is 1.66. The molecule has 1 aromatic rings. The molecule has 1 rings (SSSR count). The van der Waals surface area contributed by atoms with Crippen LogP contribution in [0.4, 0.5) is 0 Å². The van der Waals surface area contributed by atoms with Crippen LogP contribution in [-0.2, 0) is 20.8 Å². The number of rotatable bonds is 16. The third-order valence-electron chi connectivity index (χ3n) is 5.39. The van der Waals surface area contributed by atoms with Crippen LogP contribution in [0, 0.1) is 5.92 Å². The minimum atomic E-state index is -0.393. The highest BCUT2D eigenvalue weighted by molar-refractivity contribution is 5.87. The van der Waals surface area contributed by atoms with E-state index < -0.39 is 6.04 Å². The van der Waals surface area contributed by atoms with Crippen molar-refractivity contribution in [3.8, 4) is 5.75 Å². The Morgan fingerprint density at radius 2 is 1.91 bits per heavy atom. The van der Waals surface area contributed by atoms with E-state index in [4.69, 9.17) is 4.74 Å². The van der Waals surface area contributed by atoms with Gasteiger partial charge in [-0.1, -0.05) is 38.5 Å². The second-order valence-electron chi connectivity index (χ2n) is 8.13. The molecule has 0 aromatic heterocycles. The molecule has 0 saturated heterocycles. The molecule has 0 fully saturated rings. The van der Waals surface area contributed by atoms with E-state index in [1.807, 2.05) is 52.0 Å². The van der Waals surface area contributed by atoms with Crippen molar-refractivity contribution in [1.82, 2.24) is 20.9 Å². The largest absolute Gasteiger partial charge is 0.489 e. The molecule has 0 aliphatic heterocycles. The van der Waals surface area contributed by atoms with Crippen molar-refractivity contribution in [1.29, 1.82) is 0 Å². The SMILES string of the molecule is CCNC(=O)CN(C)C(=O)C(NC[C@@H](C)Oc1ccccc1CCCNC=O)C(C)CC. The molecule has 3 N–H and O–H groups in total.